The van der Waals surface area contributed by atoms with E-state index in [-0.39, 0.29) is 12.5 Å². The summed E-state index contributed by atoms with van der Waals surface area (Å²) in [5.74, 6) is 0.415. The van der Waals surface area contributed by atoms with Gasteiger partial charge in [0.1, 0.15) is 24.0 Å². The van der Waals surface area contributed by atoms with Gasteiger partial charge in [-0.15, -0.1) is 0 Å². The molecule has 8 heteroatoms. The van der Waals surface area contributed by atoms with Crippen LogP contribution in [-0.4, -0.2) is 47.5 Å². The Morgan fingerprint density at radius 2 is 1.92 bits per heavy atom. The molecule has 0 unspecified atom stereocenters. The lowest BCUT2D eigenvalue weighted by Gasteiger charge is -2.23. The molecule has 0 saturated carbocycles. The molecular weight excluding hydrogens is 306 g/mol. The van der Waals surface area contributed by atoms with Crippen LogP contribution in [0.25, 0.3) is 0 Å². The quantitative estimate of drug-likeness (QED) is 0.723. The van der Waals surface area contributed by atoms with Crippen molar-refractivity contribution in [3.8, 4) is 18.2 Å². The first-order chi connectivity index (χ1) is 11.7. The van der Waals surface area contributed by atoms with Crippen LogP contribution in [-0.2, 0) is 4.79 Å². The van der Waals surface area contributed by atoms with E-state index in [1.807, 2.05) is 6.07 Å². The molecule has 2 N–H and O–H groups in total. The maximum atomic E-state index is 12.2. The first-order valence-corrected chi connectivity index (χ1v) is 7.60. The minimum Gasteiger partial charge on any atom is -0.369 e. The molecule has 0 spiro atoms. The lowest BCUT2D eigenvalue weighted by atomic mass is 10.2. The molecule has 0 aromatic carbocycles. The topological polar surface area (TPSA) is 129 Å². The van der Waals surface area contributed by atoms with Crippen LogP contribution in [0.2, 0.25) is 0 Å². The van der Waals surface area contributed by atoms with Crippen LogP contribution in [0, 0.1) is 34.0 Å². The van der Waals surface area contributed by atoms with Crippen molar-refractivity contribution < 1.29 is 4.79 Å². The summed E-state index contributed by atoms with van der Waals surface area (Å²) < 4.78 is 0. The van der Waals surface area contributed by atoms with E-state index in [1.165, 1.54) is 11.1 Å². The van der Waals surface area contributed by atoms with Crippen LogP contribution in [0.1, 0.15) is 18.4 Å². The summed E-state index contributed by atoms with van der Waals surface area (Å²) in [4.78, 5) is 17.6. The number of carbonyl (C=O) groups is 1. The number of likely N-dealkylation sites (tertiary alicyclic amines) is 1. The Balaban J connectivity index is 1.72. The van der Waals surface area contributed by atoms with E-state index in [4.69, 9.17) is 15.8 Å². The van der Waals surface area contributed by atoms with Crippen LogP contribution in [0.15, 0.2) is 18.3 Å². The first kappa shape index (κ1) is 17.2. The maximum absolute atomic E-state index is 12.2. The Hall–Kier alpha value is -3.15. The SMILES string of the molecule is N#Cc1ccc(NCCNCC(=O)N2[C@H](C#N)CC[C@@H]2C#N)nc1. The lowest BCUT2D eigenvalue weighted by molar-refractivity contribution is -0.131. The van der Waals surface area contributed by atoms with Crippen molar-refractivity contribution in [3.63, 3.8) is 0 Å². The summed E-state index contributed by atoms with van der Waals surface area (Å²) >= 11 is 0. The second-order valence-corrected chi connectivity index (χ2v) is 5.32. The number of nitrogens with zero attached hydrogens (tertiary/aromatic N) is 5. The molecule has 2 atom stereocenters. The minimum absolute atomic E-state index is 0.0822. The monoisotopic (exact) mass is 323 g/mol. The number of pyridine rings is 1. The smallest absolute Gasteiger partial charge is 0.238 e. The summed E-state index contributed by atoms with van der Waals surface area (Å²) in [6.07, 6.45) is 2.58. The zero-order valence-corrected chi connectivity index (χ0v) is 13.1. The molecule has 1 aliphatic rings. The molecule has 1 amide bonds. The number of nitriles is 3. The highest BCUT2D eigenvalue weighted by atomic mass is 16.2. The van der Waals surface area contributed by atoms with Gasteiger partial charge >= 0.3 is 0 Å². The average molecular weight is 323 g/mol. The number of carbonyl (C=O) groups excluding carboxylic acids is 1. The largest absolute Gasteiger partial charge is 0.369 e. The summed E-state index contributed by atoms with van der Waals surface area (Å²) in [6, 6.07) is 8.51. The number of hydrogen-bond donors (Lipinski definition) is 2. The Labute approximate surface area is 140 Å². The summed E-state index contributed by atoms with van der Waals surface area (Å²) in [5, 5.41) is 32.9. The highest BCUT2D eigenvalue weighted by Gasteiger charge is 2.36. The average Bonchev–Trinajstić information content (AvgIpc) is 3.05. The standard InChI is InChI=1S/C16H17N7O/c17-7-12-1-4-15(22-10-12)21-6-5-20-11-16(24)23-13(8-18)2-3-14(23)9-19/h1,4,10,13-14,20H,2-3,5-6,11H2,(H,21,22)/t13-,14+. The molecular formula is C16H17N7O. The van der Waals surface area contributed by atoms with Gasteiger partial charge in [0.05, 0.1) is 24.2 Å². The summed E-state index contributed by atoms with van der Waals surface area (Å²) in [7, 11) is 0. The van der Waals surface area contributed by atoms with Gasteiger partial charge in [-0.1, -0.05) is 0 Å². The second-order valence-electron chi connectivity index (χ2n) is 5.32. The number of anilines is 1. The molecule has 0 bridgehead atoms. The number of amides is 1. The molecule has 1 aromatic heterocycles. The van der Waals surface area contributed by atoms with Crippen molar-refractivity contribution in [2.24, 2.45) is 0 Å². The first-order valence-electron chi connectivity index (χ1n) is 7.60. The van der Waals surface area contributed by atoms with Crippen LogP contribution >= 0.6 is 0 Å². The van der Waals surface area contributed by atoms with Gasteiger partial charge in [-0.05, 0) is 25.0 Å². The molecule has 1 fully saturated rings. The van der Waals surface area contributed by atoms with Crippen LogP contribution < -0.4 is 10.6 Å². The molecule has 1 aromatic rings. The molecule has 24 heavy (non-hydrogen) atoms. The van der Waals surface area contributed by atoms with Gasteiger partial charge in [-0.3, -0.25) is 4.79 Å². The maximum Gasteiger partial charge on any atom is 0.238 e. The third kappa shape index (κ3) is 4.19. The molecule has 1 saturated heterocycles. The van der Waals surface area contributed by atoms with E-state index >= 15 is 0 Å². The molecule has 1 aliphatic heterocycles. The van der Waals surface area contributed by atoms with Gasteiger partial charge in [0, 0.05) is 19.3 Å². The fraction of sp³-hybridized carbons (Fsp3) is 0.438. The van der Waals surface area contributed by atoms with Crippen molar-refractivity contribution in [1.29, 1.82) is 15.8 Å². The normalized spacial score (nSPS) is 19.1. The van der Waals surface area contributed by atoms with Crippen LogP contribution in [0.4, 0.5) is 5.82 Å². The molecule has 2 heterocycles. The van der Waals surface area contributed by atoms with Crippen molar-refractivity contribution in [1.82, 2.24) is 15.2 Å². The molecule has 2 rings (SSSR count). The fourth-order valence-corrected chi connectivity index (χ4v) is 2.54. The van der Waals surface area contributed by atoms with Gasteiger partial charge in [0.15, 0.2) is 0 Å². The highest BCUT2D eigenvalue weighted by molar-refractivity contribution is 5.80. The zero-order valence-electron chi connectivity index (χ0n) is 13.1. The molecule has 122 valence electrons. The summed E-state index contributed by atoms with van der Waals surface area (Å²) in [5.41, 5.74) is 0.494. The predicted octanol–water partition coefficient (Wildman–Crippen LogP) is 0.362. The Morgan fingerprint density at radius 1 is 1.21 bits per heavy atom. The Kier molecular flexibility index (Phi) is 6.08. The number of aromatic nitrogens is 1. The van der Waals surface area contributed by atoms with E-state index in [0.717, 1.165) is 0 Å². The number of nitrogens with one attached hydrogen (secondary N) is 2. The number of rotatable bonds is 6. The van der Waals surface area contributed by atoms with E-state index in [0.29, 0.717) is 37.3 Å². The van der Waals surface area contributed by atoms with Crippen molar-refractivity contribution in [2.75, 3.05) is 25.0 Å². The zero-order chi connectivity index (χ0) is 17.4. The lowest BCUT2D eigenvalue weighted by Crippen LogP contribution is -2.45. The highest BCUT2D eigenvalue weighted by Crippen LogP contribution is 2.23. The van der Waals surface area contributed by atoms with E-state index in [9.17, 15) is 4.79 Å². The van der Waals surface area contributed by atoms with Gasteiger partial charge in [-0.2, -0.15) is 15.8 Å². The third-order valence-electron chi connectivity index (χ3n) is 3.75. The summed E-state index contributed by atoms with van der Waals surface area (Å²) in [6.45, 7) is 1.16. The minimum atomic E-state index is -0.509. The van der Waals surface area contributed by atoms with Gasteiger partial charge in [-0.25, -0.2) is 4.98 Å². The Bertz CT molecular complexity index is 673. The van der Waals surface area contributed by atoms with Crippen molar-refractivity contribution in [3.05, 3.63) is 23.9 Å². The van der Waals surface area contributed by atoms with Crippen molar-refractivity contribution in [2.45, 2.75) is 24.9 Å². The van der Waals surface area contributed by atoms with E-state index < -0.39 is 12.1 Å². The van der Waals surface area contributed by atoms with E-state index in [2.05, 4.69) is 27.8 Å². The Morgan fingerprint density at radius 3 is 2.46 bits per heavy atom. The van der Waals surface area contributed by atoms with Gasteiger partial charge in [0.25, 0.3) is 0 Å². The number of hydrogen-bond acceptors (Lipinski definition) is 7. The van der Waals surface area contributed by atoms with Crippen LogP contribution in [0.3, 0.4) is 0 Å². The van der Waals surface area contributed by atoms with Gasteiger partial charge < -0.3 is 15.5 Å². The fourth-order valence-electron chi connectivity index (χ4n) is 2.54. The predicted molar refractivity (Wildman–Crippen MR) is 85.2 cm³/mol. The molecule has 0 radical (unpaired) electrons. The molecule has 8 nitrogen and oxygen atoms in total. The molecule has 0 aliphatic carbocycles. The van der Waals surface area contributed by atoms with E-state index in [1.54, 1.807) is 12.1 Å². The second kappa shape index (κ2) is 8.47. The van der Waals surface area contributed by atoms with Gasteiger partial charge in [0.2, 0.25) is 5.91 Å². The van der Waals surface area contributed by atoms with Crippen LogP contribution in [0.5, 0.6) is 0 Å². The third-order valence-corrected chi connectivity index (χ3v) is 3.75. The van der Waals surface area contributed by atoms with Crippen molar-refractivity contribution >= 4 is 11.7 Å².